The van der Waals surface area contributed by atoms with Gasteiger partial charge in [0.2, 0.25) is 0 Å². The topological polar surface area (TPSA) is 58.2 Å². The van der Waals surface area contributed by atoms with Gasteiger partial charge in [-0.3, -0.25) is 9.59 Å². The van der Waals surface area contributed by atoms with E-state index >= 15 is 0 Å². The quantitative estimate of drug-likeness (QED) is 0.334. The summed E-state index contributed by atoms with van der Waals surface area (Å²) < 4.78 is 0. The summed E-state index contributed by atoms with van der Waals surface area (Å²) in [4.78, 5) is 26.5. The molecule has 0 bridgehead atoms. The Kier molecular flexibility index (Phi) is 6.29. The Morgan fingerprint density at radius 3 is 1.86 bits per heavy atom. The molecule has 4 heteroatoms. The summed E-state index contributed by atoms with van der Waals surface area (Å²) in [6.45, 7) is 7.31. The first-order valence-electron chi connectivity index (χ1n) is 12.8. The first-order chi connectivity index (χ1) is 17.2. The molecule has 5 rings (SSSR count). The lowest BCUT2D eigenvalue weighted by atomic mass is 9.62. The van der Waals surface area contributed by atoms with Gasteiger partial charge < -0.3 is 10.6 Å². The summed E-state index contributed by atoms with van der Waals surface area (Å²) in [7, 11) is 0. The summed E-state index contributed by atoms with van der Waals surface area (Å²) >= 11 is 0. The molecule has 1 fully saturated rings. The van der Waals surface area contributed by atoms with Crippen molar-refractivity contribution in [3.8, 4) is 0 Å². The second-order valence-electron chi connectivity index (χ2n) is 11.5. The van der Waals surface area contributed by atoms with Gasteiger partial charge in [-0.1, -0.05) is 93.6 Å². The van der Waals surface area contributed by atoms with Crippen molar-refractivity contribution in [1.29, 1.82) is 0 Å². The smallest absolute Gasteiger partial charge is 0.252 e. The fourth-order valence-corrected chi connectivity index (χ4v) is 6.37. The van der Waals surface area contributed by atoms with E-state index in [4.69, 9.17) is 0 Å². The Hall–Kier alpha value is -3.66. The molecule has 4 aromatic carbocycles. The average molecular weight is 479 g/mol. The number of fused-ring (bicyclic) bond motifs is 2. The second kappa shape index (κ2) is 9.42. The highest BCUT2D eigenvalue weighted by molar-refractivity contribution is 6.07. The number of nitrogens with one attached hydrogen (secondary N) is 2. The number of rotatable bonds is 5. The number of hydrogen-bond acceptors (Lipinski definition) is 2. The van der Waals surface area contributed by atoms with E-state index in [0.717, 1.165) is 40.8 Å². The summed E-state index contributed by atoms with van der Waals surface area (Å²) in [5.41, 5.74) is 1.34. The van der Waals surface area contributed by atoms with Crippen molar-refractivity contribution < 1.29 is 9.59 Å². The molecule has 1 saturated carbocycles. The molecule has 0 unspecified atom stereocenters. The summed E-state index contributed by atoms with van der Waals surface area (Å²) in [5, 5.41) is 10.6. The van der Waals surface area contributed by atoms with E-state index in [2.05, 4.69) is 31.4 Å². The zero-order chi connectivity index (χ0) is 25.3. The molecule has 0 aliphatic heterocycles. The van der Waals surface area contributed by atoms with Crippen LogP contribution in [0.15, 0.2) is 84.9 Å². The first-order valence-corrected chi connectivity index (χ1v) is 12.8. The highest BCUT2D eigenvalue weighted by Gasteiger charge is 2.42. The van der Waals surface area contributed by atoms with Gasteiger partial charge in [0.1, 0.15) is 0 Å². The van der Waals surface area contributed by atoms with Crippen LogP contribution in [0.2, 0.25) is 0 Å². The third-order valence-corrected chi connectivity index (χ3v) is 7.52. The molecule has 1 aliphatic carbocycles. The van der Waals surface area contributed by atoms with Gasteiger partial charge in [0, 0.05) is 23.7 Å². The number of carbonyl (C=O) groups is 2. The number of carbonyl (C=O) groups excluding carboxylic acids is 2. The molecule has 2 amide bonds. The molecule has 4 nitrogen and oxygen atoms in total. The van der Waals surface area contributed by atoms with Crippen molar-refractivity contribution in [2.75, 3.05) is 6.54 Å². The van der Waals surface area contributed by atoms with E-state index in [1.165, 1.54) is 0 Å². The van der Waals surface area contributed by atoms with Crippen LogP contribution in [-0.2, 0) is 0 Å². The zero-order valence-electron chi connectivity index (χ0n) is 21.3. The molecule has 0 radical (unpaired) electrons. The normalized spacial score (nSPS) is 21.2. The third kappa shape index (κ3) is 4.99. The minimum atomic E-state index is -0.126. The van der Waals surface area contributed by atoms with E-state index in [1.807, 2.05) is 84.9 Å². The lowest BCUT2D eigenvalue weighted by Gasteiger charge is -2.47. The molecule has 184 valence electrons. The van der Waals surface area contributed by atoms with Crippen LogP contribution in [0.3, 0.4) is 0 Å². The van der Waals surface area contributed by atoms with Crippen LogP contribution in [0.5, 0.6) is 0 Å². The fourth-order valence-electron chi connectivity index (χ4n) is 6.37. The van der Waals surface area contributed by atoms with Gasteiger partial charge in [-0.05, 0) is 63.8 Å². The van der Waals surface area contributed by atoms with Crippen molar-refractivity contribution in [1.82, 2.24) is 10.6 Å². The van der Waals surface area contributed by atoms with Gasteiger partial charge in [0.25, 0.3) is 11.8 Å². The molecule has 2 N–H and O–H groups in total. The Morgan fingerprint density at radius 1 is 0.722 bits per heavy atom. The van der Waals surface area contributed by atoms with Crippen molar-refractivity contribution in [3.63, 3.8) is 0 Å². The van der Waals surface area contributed by atoms with Crippen molar-refractivity contribution in [2.24, 2.45) is 10.8 Å². The average Bonchev–Trinajstić information content (AvgIpc) is 2.85. The Balaban J connectivity index is 1.31. The highest BCUT2D eigenvalue weighted by Crippen LogP contribution is 2.46. The van der Waals surface area contributed by atoms with Crippen molar-refractivity contribution in [3.05, 3.63) is 96.1 Å². The fraction of sp³-hybridized carbons (Fsp3) is 0.312. The predicted molar refractivity (Wildman–Crippen MR) is 147 cm³/mol. The van der Waals surface area contributed by atoms with Gasteiger partial charge in [0.05, 0.1) is 0 Å². The lowest BCUT2D eigenvalue weighted by molar-refractivity contribution is 0.0593. The Morgan fingerprint density at radius 2 is 1.25 bits per heavy atom. The number of benzene rings is 4. The first kappa shape index (κ1) is 24.1. The van der Waals surface area contributed by atoms with E-state index < -0.39 is 0 Å². The van der Waals surface area contributed by atoms with Crippen molar-refractivity contribution in [2.45, 2.75) is 46.1 Å². The van der Waals surface area contributed by atoms with Crippen LogP contribution in [0.25, 0.3) is 21.5 Å². The molecule has 0 heterocycles. The number of hydrogen-bond donors (Lipinski definition) is 2. The van der Waals surface area contributed by atoms with Crippen molar-refractivity contribution >= 4 is 33.4 Å². The lowest BCUT2D eigenvalue weighted by Crippen LogP contribution is -2.50. The Bertz CT molecular complexity index is 1430. The second-order valence-corrected chi connectivity index (χ2v) is 11.5. The van der Waals surface area contributed by atoms with Crippen LogP contribution in [0.1, 0.15) is 60.7 Å². The molecule has 1 aliphatic rings. The van der Waals surface area contributed by atoms with Gasteiger partial charge in [0.15, 0.2) is 0 Å². The van der Waals surface area contributed by atoms with E-state index in [1.54, 1.807) is 0 Å². The van der Waals surface area contributed by atoms with Crippen LogP contribution < -0.4 is 10.6 Å². The third-order valence-electron chi connectivity index (χ3n) is 7.52. The molecule has 4 aromatic rings. The van der Waals surface area contributed by atoms with Crippen LogP contribution in [-0.4, -0.2) is 24.4 Å². The summed E-state index contributed by atoms with van der Waals surface area (Å²) in [6, 6.07) is 27.7. The highest BCUT2D eigenvalue weighted by atomic mass is 16.2. The van der Waals surface area contributed by atoms with E-state index in [-0.39, 0.29) is 28.7 Å². The van der Waals surface area contributed by atoms with E-state index in [0.29, 0.717) is 17.7 Å². The standard InChI is InChI=1S/C32H34N2O2/c1-31(2)18-24(34-30(36)28-17-9-13-23-11-5-7-15-26(23)28)19-32(3,20-31)21-33-29(35)27-16-8-12-22-10-4-6-14-25(22)27/h4-17,24H,18-21H2,1-3H3,(H,33,35)(H,34,36)/t24-,32+/m0/s1. The predicted octanol–water partition coefficient (Wildman–Crippen LogP) is 6.74. The van der Waals surface area contributed by atoms with Gasteiger partial charge in [-0.25, -0.2) is 0 Å². The minimum Gasteiger partial charge on any atom is -0.351 e. The molecule has 0 saturated heterocycles. The molecule has 36 heavy (non-hydrogen) atoms. The van der Waals surface area contributed by atoms with E-state index in [9.17, 15) is 9.59 Å². The van der Waals surface area contributed by atoms with Crippen LogP contribution in [0.4, 0.5) is 0 Å². The summed E-state index contributed by atoms with van der Waals surface area (Å²) in [5.74, 6) is -0.0793. The minimum absolute atomic E-state index is 0.0309. The Labute approximate surface area is 213 Å². The molecule has 0 spiro atoms. The monoisotopic (exact) mass is 478 g/mol. The largest absolute Gasteiger partial charge is 0.351 e. The van der Waals surface area contributed by atoms with Crippen LogP contribution >= 0.6 is 0 Å². The zero-order valence-corrected chi connectivity index (χ0v) is 21.3. The maximum absolute atomic E-state index is 13.3. The van der Waals surface area contributed by atoms with Gasteiger partial charge in [-0.2, -0.15) is 0 Å². The number of amides is 2. The molecule has 2 atom stereocenters. The maximum Gasteiger partial charge on any atom is 0.252 e. The molecular weight excluding hydrogens is 444 g/mol. The van der Waals surface area contributed by atoms with Gasteiger partial charge in [-0.15, -0.1) is 0 Å². The molecular formula is C32H34N2O2. The SMILES string of the molecule is CC1(C)C[C@H](NC(=O)c2cccc3ccccc23)C[C@@](C)(CNC(=O)c2cccc3ccccc23)C1. The van der Waals surface area contributed by atoms with Gasteiger partial charge >= 0.3 is 0 Å². The summed E-state index contributed by atoms with van der Waals surface area (Å²) in [6.07, 6.45) is 2.72. The van der Waals surface area contributed by atoms with Crippen LogP contribution in [0, 0.1) is 10.8 Å². The molecule has 0 aromatic heterocycles. The maximum atomic E-state index is 13.3.